The van der Waals surface area contributed by atoms with Gasteiger partial charge in [-0.05, 0) is 37.1 Å². The van der Waals surface area contributed by atoms with E-state index >= 15 is 0 Å². The van der Waals surface area contributed by atoms with Gasteiger partial charge in [0.2, 0.25) is 11.8 Å². The predicted molar refractivity (Wildman–Crippen MR) is 84.7 cm³/mol. The Morgan fingerprint density at radius 2 is 1.95 bits per heavy atom. The van der Waals surface area contributed by atoms with Gasteiger partial charge >= 0.3 is 0 Å². The summed E-state index contributed by atoms with van der Waals surface area (Å²) in [5.41, 5.74) is 1.69. The summed E-state index contributed by atoms with van der Waals surface area (Å²) in [6.07, 6.45) is 3.01. The van der Waals surface area contributed by atoms with E-state index in [1.807, 2.05) is 25.1 Å². The second-order valence-corrected chi connectivity index (χ2v) is 5.66. The first-order valence-electron chi connectivity index (χ1n) is 6.85. The molecule has 0 atom stereocenters. The van der Waals surface area contributed by atoms with Gasteiger partial charge in [0.15, 0.2) is 0 Å². The minimum Gasteiger partial charge on any atom is -0.356 e. The third-order valence-electron chi connectivity index (χ3n) is 2.89. The van der Waals surface area contributed by atoms with Crippen LogP contribution in [0.2, 0.25) is 0 Å². The molecule has 0 heterocycles. The molecule has 0 fully saturated rings. The first kappa shape index (κ1) is 16.7. The Balaban J connectivity index is 2.37. The molecule has 0 aliphatic heterocycles. The first-order chi connectivity index (χ1) is 9.52. The van der Waals surface area contributed by atoms with Crippen LogP contribution in [-0.2, 0) is 9.59 Å². The fourth-order valence-corrected chi connectivity index (χ4v) is 2.25. The topological polar surface area (TPSA) is 58.2 Å². The van der Waals surface area contributed by atoms with Gasteiger partial charge in [0.05, 0.1) is 0 Å². The van der Waals surface area contributed by atoms with E-state index in [1.54, 1.807) is 0 Å². The van der Waals surface area contributed by atoms with Crippen LogP contribution in [0.25, 0.3) is 0 Å². The molecule has 2 N–H and O–H groups in total. The van der Waals surface area contributed by atoms with Gasteiger partial charge in [-0.3, -0.25) is 9.59 Å². The van der Waals surface area contributed by atoms with Crippen molar-refractivity contribution in [3.63, 3.8) is 0 Å². The van der Waals surface area contributed by atoms with E-state index in [-0.39, 0.29) is 18.2 Å². The third-order valence-corrected chi connectivity index (χ3v) is 3.38. The molecule has 4 nitrogen and oxygen atoms in total. The number of carbonyl (C=O) groups is 2. The fourth-order valence-electron chi connectivity index (χ4n) is 1.77. The number of aryl methyl sites for hydroxylation is 1. The molecule has 0 spiro atoms. The van der Waals surface area contributed by atoms with E-state index in [1.165, 1.54) is 0 Å². The van der Waals surface area contributed by atoms with E-state index in [2.05, 4.69) is 33.5 Å². The van der Waals surface area contributed by atoms with Crippen LogP contribution in [-0.4, -0.2) is 18.4 Å². The van der Waals surface area contributed by atoms with Gasteiger partial charge in [-0.25, -0.2) is 0 Å². The molecule has 110 valence electrons. The molecule has 0 radical (unpaired) electrons. The molecule has 1 aromatic carbocycles. The molecule has 0 unspecified atom stereocenters. The lowest BCUT2D eigenvalue weighted by atomic mass is 10.2. The van der Waals surface area contributed by atoms with Crippen LogP contribution in [0.15, 0.2) is 22.7 Å². The van der Waals surface area contributed by atoms with E-state index in [9.17, 15) is 9.59 Å². The van der Waals surface area contributed by atoms with Crippen molar-refractivity contribution < 1.29 is 9.59 Å². The van der Waals surface area contributed by atoms with Gasteiger partial charge in [0.1, 0.15) is 6.42 Å². The largest absolute Gasteiger partial charge is 0.356 e. The minimum absolute atomic E-state index is 0.137. The average molecular weight is 341 g/mol. The molecule has 0 aliphatic carbocycles. The van der Waals surface area contributed by atoms with Gasteiger partial charge in [0.25, 0.3) is 0 Å². The van der Waals surface area contributed by atoms with Crippen LogP contribution in [0.4, 0.5) is 5.69 Å². The second-order valence-electron chi connectivity index (χ2n) is 4.74. The molecular formula is C15H21BrN2O2. The van der Waals surface area contributed by atoms with Crippen LogP contribution < -0.4 is 10.6 Å². The molecule has 0 saturated heterocycles. The van der Waals surface area contributed by atoms with Crippen molar-refractivity contribution in [1.82, 2.24) is 5.32 Å². The quantitative estimate of drug-likeness (QED) is 0.590. The predicted octanol–water partition coefficient (Wildman–Crippen LogP) is 3.39. The number of rotatable bonds is 7. The molecule has 1 rings (SSSR count). The number of hydrogen-bond donors (Lipinski definition) is 2. The monoisotopic (exact) mass is 340 g/mol. The van der Waals surface area contributed by atoms with Gasteiger partial charge in [-0.15, -0.1) is 0 Å². The van der Waals surface area contributed by atoms with Crippen LogP contribution in [0.5, 0.6) is 0 Å². The van der Waals surface area contributed by atoms with E-state index in [0.29, 0.717) is 6.54 Å². The molecule has 0 bridgehead atoms. The van der Waals surface area contributed by atoms with E-state index in [4.69, 9.17) is 0 Å². The maximum absolute atomic E-state index is 11.8. The number of amides is 2. The van der Waals surface area contributed by atoms with Gasteiger partial charge in [-0.2, -0.15) is 0 Å². The Morgan fingerprint density at radius 3 is 2.60 bits per heavy atom. The molecule has 0 aromatic heterocycles. The van der Waals surface area contributed by atoms with Crippen molar-refractivity contribution in [2.45, 2.75) is 39.5 Å². The highest BCUT2D eigenvalue weighted by molar-refractivity contribution is 9.10. The van der Waals surface area contributed by atoms with Crippen molar-refractivity contribution in [2.75, 3.05) is 11.9 Å². The van der Waals surface area contributed by atoms with Crippen molar-refractivity contribution in [3.8, 4) is 0 Å². The number of nitrogens with one attached hydrogen (secondary N) is 2. The molecule has 2 amide bonds. The van der Waals surface area contributed by atoms with E-state index < -0.39 is 0 Å². The third kappa shape index (κ3) is 6.19. The highest BCUT2D eigenvalue weighted by Crippen LogP contribution is 2.20. The Labute approximate surface area is 128 Å². The molecule has 0 saturated carbocycles. The lowest BCUT2D eigenvalue weighted by Crippen LogP contribution is -2.29. The summed E-state index contributed by atoms with van der Waals surface area (Å²) in [5, 5.41) is 5.50. The number of benzene rings is 1. The van der Waals surface area contributed by atoms with Crippen LogP contribution in [0.1, 0.15) is 38.2 Å². The van der Waals surface area contributed by atoms with Gasteiger partial charge < -0.3 is 10.6 Å². The summed E-state index contributed by atoms with van der Waals surface area (Å²) in [6.45, 7) is 4.65. The van der Waals surface area contributed by atoms with E-state index in [0.717, 1.165) is 35.0 Å². The number of anilines is 1. The fraction of sp³-hybridized carbons (Fsp3) is 0.467. The van der Waals surface area contributed by atoms with Crippen LogP contribution >= 0.6 is 15.9 Å². The highest BCUT2D eigenvalue weighted by atomic mass is 79.9. The van der Waals surface area contributed by atoms with Crippen molar-refractivity contribution in [3.05, 3.63) is 28.2 Å². The molecular weight excluding hydrogens is 320 g/mol. The zero-order valence-electron chi connectivity index (χ0n) is 12.0. The zero-order chi connectivity index (χ0) is 15.0. The minimum atomic E-state index is -0.289. The Bertz CT molecular complexity index is 475. The summed E-state index contributed by atoms with van der Waals surface area (Å²) < 4.78 is 0.960. The maximum Gasteiger partial charge on any atom is 0.233 e. The maximum atomic E-state index is 11.8. The molecule has 0 aliphatic rings. The SMILES string of the molecule is CCCCCNC(=O)CC(=O)Nc1ccc(Br)cc1C. The normalized spacial score (nSPS) is 10.2. The van der Waals surface area contributed by atoms with Gasteiger partial charge in [0, 0.05) is 16.7 Å². The number of unbranched alkanes of at least 4 members (excludes halogenated alkanes) is 2. The summed E-state index contributed by atoms with van der Waals surface area (Å²) in [6, 6.07) is 5.59. The van der Waals surface area contributed by atoms with Crippen LogP contribution in [0.3, 0.4) is 0 Å². The first-order valence-corrected chi connectivity index (χ1v) is 7.65. The number of hydrogen-bond acceptors (Lipinski definition) is 2. The number of halogens is 1. The Kier molecular flexibility index (Phi) is 7.30. The standard InChI is InChI=1S/C15H21BrN2O2/c1-3-4-5-8-17-14(19)10-15(20)18-13-7-6-12(16)9-11(13)2/h6-7,9H,3-5,8,10H2,1-2H3,(H,17,19)(H,18,20). The average Bonchev–Trinajstić information content (AvgIpc) is 2.38. The van der Waals surface area contributed by atoms with Crippen molar-refractivity contribution in [1.29, 1.82) is 0 Å². The summed E-state index contributed by atoms with van der Waals surface area (Å²) in [7, 11) is 0. The Morgan fingerprint density at radius 1 is 1.20 bits per heavy atom. The number of carbonyl (C=O) groups excluding carboxylic acids is 2. The molecule has 5 heteroatoms. The zero-order valence-corrected chi connectivity index (χ0v) is 13.5. The highest BCUT2D eigenvalue weighted by Gasteiger charge is 2.10. The molecule has 1 aromatic rings. The van der Waals surface area contributed by atoms with Crippen LogP contribution in [0, 0.1) is 6.92 Å². The lowest BCUT2D eigenvalue weighted by Gasteiger charge is -2.09. The molecule has 20 heavy (non-hydrogen) atoms. The second kappa shape index (κ2) is 8.74. The summed E-state index contributed by atoms with van der Waals surface area (Å²) >= 11 is 3.37. The summed E-state index contributed by atoms with van der Waals surface area (Å²) in [4.78, 5) is 23.3. The Hall–Kier alpha value is -1.36. The summed E-state index contributed by atoms with van der Waals surface area (Å²) in [5.74, 6) is -0.517. The van der Waals surface area contributed by atoms with Gasteiger partial charge in [-0.1, -0.05) is 35.7 Å². The lowest BCUT2D eigenvalue weighted by molar-refractivity contribution is -0.126. The smallest absolute Gasteiger partial charge is 0.233 e. The van der Waals surface area contributed by atoms with Crippen molar-refractivity contribution in [2.24, 2.45) is 0 Å². The van der Waals surface area contributed by atoms with Crippen molar-refractivity contribution >= 4 is 33.4 Å².